The molecule has 0 saturated carbocycles. The summed E-state index contributed by atoms with van der Waals surface area (Å²) in [6.45, 7) is 1.33. The average molecular weight is 315 g/mol. The number of benzene rings is 1. The summed E-state index contributed by atoms with van der Waals surface area (Å²) >= 11 is 0. The first-order valence-electron chi connectivity index (χ1n) is 7.37. The molecule has 0 unspecified atom stereocenters. The van der Waals surface area contributed by atoms with Crippen molar-refractivity contribution < 1.29 is 9.13 Å². The minimum Gasteiger partial charge on any atom is -0.494 e. The number of anilines is 1. The molecule has 3 aromatic rings. The summed E-state index contributed by atoms with van der Waals surface area (Å²) in [6, 6.07) is 6.04. The molecule has 3 rings (SSSR count). The van der Waals surface area contributed by atoms with E-state index in [2.05, 4.69) is 20.0 Å². The molecule has 0 aliphatic heterocycles. The number of ether oxygens (including phenoxy) is 1. The molecule has 0 N–H and O–H groups in total. The summed E-state index contributed by atoms with van der Waals surface area (Å²) in [5.41, 5.74) is 0.810. The summed E-state index contributed by atoms with van der Waals surface area (Å²) in [7, 11) is 3.84. The lowest BCUT2D eigenvalue weighted by atomic mass is 10.3. The fourth-order valence-electron chi connectivity index (χ4n) is 2.38. The number of halogens is 1. The van der Waals surface area contributed by atoms with Crippen molar-refractivity contribution in [2.75, 3.05) is 25.1 Å². The molecule has 120 valence electrons. The third-order valence-electron chi connectivity index (χ3n) is 3.59. The Kier molecular flexibility index (Phi) is 4.36. The smallest absolute Gasteiger partial charge is 0.163 e. The van der Waals surface area contributed by atoms with E-state index in [0.29, 0.717) is 12.4 Å². The van der Waals surface area contributed by atoms with Crippen molar-refractivity contribution in [3.63, 3.8) is 0 Å². The summed E-state index contributed by atoms with van der Waals surface area (Å²) in [5, 5.41) is 5.14. The van der Waals surface area contributed by atoms with Crippen LogP contribution in [-0.2, 0) is 7.05 Å². The van der Waals surface area contributed by atoms with E-state index in [1.165, 1.54) is 12.1 Å². The van der Waals surface area contributed by atoms with E-state index in [1.54, 1.807) is 29.3 Å². The standard InChI is InChI=1S/C16H18FN5O/c1-21(8-3-9-23-13-6-4-12(17)5-7-13)15-14-10-20-22(2)16(14)19-11-18-15/h4-7,10-11H,3,8-9H2,1-2H3. The largest absolute Gasteiger partial charge is 0.494 e. The topological polar surface area (TPSA) is 56.1 Å². The maximum Gasteiger partial charge on any atom is 0.163 e. The molecule has 0 spiro atoms. The summed E-state index contributed by atoms with van der Waals surface area (Å²) in [6.07, 6.45) is 4.14. The first-order chi connectivity index (χ1) is 11.1. The van der Waals surface area contributed by atoms with Gasteiger partial charge in [0.25, 0.3) is 0 Å². The zero-order valence-electron chi connectivity index (χ0n) is 13.1. The number of nitrogens with zero attached hydrogens (tertiary/aromatic N) is 5. The van der Waals surface area contributed by atoms with E-state index >= 15 is 0 Å². The van der Waals surface area contributed by atoms with Gasteiger partial charge in [0.05, 0.1) is 18.2 Å². The Labute approximate surface area is 133 Å². The van der Waals surface area contributed by atoms with Crippen molar-refractivity contribution in [3.05, 3.63) is 42.6 Å². The molecule has 0 aliphatic carbocycles. The average Bonchev–Trinajstić information content (AvgIpc) is 2.94. The molecular formula is C16H18FN5O. The van der Waals surface area contributed by atoms with Crippen LogP contribution in [0.5, 0.6) is 5.75 Å². The molecule has 7 heteroatoms. The van der Waals surface area contributed by atoms with Gasteiger partial charge in [-0.15, -0.1) is 0 Å². The zero-order chi connectivity index (χ0) is 16.2. The van der Waals surface area contributed by atoms with Crippen LogP contribution in [-0.4, -0.2) is 39.9 Å². The molecule has 0 bridgehead atoms. The summed E-state index contributed by atoms with van der Waals surface area (Å²) < 4.78 is 20.1. The van der Waals surface area contributed by atoms with Crippen LogP contribution in [0.1, 0.15) is 6.42 Å². The van der Waals surface area contributed by atoms with E-state index in [4.69, 9.17) is 4.74 Å². The number of hydrogen-bond donors (Lipinski definition) is 0. The Bertz CT molecular complexity index is 787. The van der Waals surface area contributed by atoms with Gasteiger partial charge in [-0.2, -0.15) is 5.10 Å². The molecule has 2 heterocycles. The minimum absolute atomic E-state index is 0.263. The molecule has 6 nitrogen and oxygen atoms in total. The number of aromatic nitrogens is 4. The van der Waals surface area contributed by atoms with Crippen LogP contribution in [0, 0.1) is 5.82 Å². The number of rotatable bonds is 6. The van der Waals surface area contributed by atoms with E-state index in [0.717, 1.165) is 29.8 Å². The summed E-state index contributed by atoms with van der Waals surface area (Å²) in [4.78, 5) is 10.6. The maximum absolute atomic E-state index is 12.8. The maximum atomic E-state index is 12.8. The Hall–Kier alpha value is -2.70. The first-order valence-corrected chi connectivity index (χ1v) is 7.37. The van der Waals surface area contributed by atoms with Gasteiger partial charge >= 0.3 is 0 Å². The van der Waals surface area contributed by atoms with E-state index in [9.17, 15) is 4.39 Å². The van der Waals surface area contributed by atoms with Crippen LogP contribution in [0.4, 0.5) is 10.2 Å². The predicted molar refractivity (Wildman–Crippen MR) is 86.1 cm³/mol. The third kappa shape index (κ3) is 3.39. The van der Waals surface area contributed by atoms with E-state index in [-0.39, 0.29) is 5.82 Å². The molecule has 23 heavy (non-hydrogen) atoms. The van der Waals surface area contributed by atoms with Crippen molar-refractivity contribution in [2.24, 2.45) is 7.05 Å². The number of fused-ring (bicyclic) bond motifs is 1. The third-order valence-corrected chi connectivity index (χ3v) is 3.59. The summed E-state index contributed by atoms with van der Waals surface area (Å²) in [5.74, 6) is 1.26. The lowest BCUT2D eigenvalue weighted by Gasteiger charge is -2.18. The molecule has 0 saturated heterocycles. The Morgan fingerprint density at radius 1 is 1.22 bits per heavy atom. The zero-order valence-corrected chi connectivity index (χ0v) is 13.1. The molecule has 0 amide bonds. The lowest BCUT2D eigenvalue weighted by Crippen LogP contribution is -2.21. The quantitative estimate of drug-likeness (QED) is 0.654. The molecule has 0 aliphatic rings. The Morgan fingerprint density at radius 2 is 2.00 bits per heavy atom. The van der Waals surface area contributed by atoms with Crippen LogP contribution in [0.3, 0.4) is 0 Å². The van der Waals surface area contributed by atoms with Crippen molar-refractivity contribution >= 4 is 16.9 Å². The van der Waals surface area contributed by atoms with Gasteiger partial charge in [0.2, 0.25) is 0 Å². The fraction of sp³-hybridized carbons (Fsp3) is 0.312. The second kappa shape index (κ2) is 6.60. The van der Waals surface area contributed by atoms with E-state index < -0.39 is 0 Å². The minimum atomic E-state index is -0.263. The number of hydrogen-bond acceptors (Lipinski definition) is 5. The van der Waals surface area contributed by atoms with Crippen molar-refractivity contribution in [2.45, 2.75) is 6.42 Å². The van der Waals surface area contributed by atoms with Crippen LogP contribution < -0.4 is 9.64 Å². The van der Waals surface area contributed by atoms with Gasteiger partial charge in [-0.3, -0.25) is 4.68 Å². The van der Waals surface area contributed by atoms with Gasteiger partial charge in [0.1, 0.15) is 23.7 Å². The second-order valence-corrected chi connectivity index (χ2v) is 5.28. The predicted octanol–water partition coefficient (Wildman–Crippen LogP) is 2.41. The fourth-order valence-corrected chi connectivity index (χ4v) is 2.38. The van der Waals surface area contributed by atoms with Crippen LogP contribution in [0.15, 0.2) is 36.8 Å². The Balaban J connectivity index is 1.56. The SMILES string of the molecule is CN(CCCOc1ccc(F)cc1)c1ncnc2c1cnn2C. The van der Waals surface area contributed by atoms with Gasteiger partial charge in [-0.1, -0.05) is 0 Å². The monoisotopic (exact) mass is 315 g/mol. The van der Waals surface area contributed by atoms with Crippen LogP contribution in [0.25, 0.3) is 11.0 Å². The normalized spacial score (nSPS) is 10.9. The van der Waals surface area contributed by atoms with Crippen molar-refractivity contribution in [1.82, 2.24) is 19.7 Å². The van der Waals surface area contributed by atoms with Crippen molar-refractivity contribution in [3.8, 4) is 5.75 Å². The highest BCUT2D eigenvalue weighted by Gasteiger charge is 2.11. The van der Waals surface area contributed by atoms with Gasteiger partial charge in [-0.25, -0.2) is 14.4 Å². The van der Waals surface area contributed by atoms with Gasteiger partial charge in [-0.05, 0) is 30.7 Å². The van der Waals surface area contributed by atoms with Gasteiger partial charge < -0.3 is 9.64 Å². The molecule has 0 atom stereocenters. The molecular weight excluding hydrogens is 297 g/mol. The lowest BCUT2D eigenvalue weighted by molar-refractivity contribution is 0.312. The highest BCUT2D eigenvalue weighted by atomic mass is 19.1. The molecule has 2 aromatic heterocycles. The highest BCUT2D eigenvalue weighted by molar-refractivity contribution is 5.86. The van der Waals surface area contributed by atoms with E-state index in [1.807, 2.05) is 14.1 Å². The van der Waals surface area contributed by atoms with Crippen LogP contribution >= 0.6 is 0 Å². The van der Waals surface area contributed by atoms with Gasteiger partial charge in [0, 0.05) is 20.6 Å². The number of aryl methyl sites for hydroxylation is 1. The molecule has 0 radical (unpaired) electrons. The second-order valence-electron chi connectivity index (χ2n) is 5.28. The first kappa shape index (κ1) is 15.2. The highest BCUT2D eigenvalue weighted by Crippen LogP contribution is 2.21. The Morgan fingerprint density at radius 3 is 2.78 bits per heavy atom. The molecule has 1 aromatic carbocycles. The molecule has 0 fully saturated rings. The van der Waals surface area contributed by atoms with Crippen molar-refractivity contribution in [1.29, 1.82) is 0 Å². The van der Waals surface area contributed by atoms with Crippen LogP contribution in [0.2, 0.25) is 0 Å². The van der Waals surface area contributed by atoms with Gasteiger partial charge in [0.15, 0.2) is 5.65 Å².